The molecule has 2 rings (SSSR count). The van der Waals surface area contributed by atoms with Crippen LogP contribution in [-0.2, 0) is 13.8 Å². The van der Waals surface area contributed by atoms with Gasteiger partial charge in [0.05, 0.1) is 16.6 Å². The Balaban J connectivity index is 2.24. The van der Waals surface area contributed by atoms with E-state index in [0.717, 1.165) is 12.8 Å². The average Bonchev–Trinajstić information content (AvgIpc) is 2.46. The Morgan fingerprint density at radius 1 is 1.43 bits per heavy atom. The molecule has 7 heteroatoms. The van der Waals surface area contributed by atoms with Gasteiger partial charge in [-0.1, -0.05) is 12.1 Å². The number of hydrogen-bond acceptors (Lipinski definition) is 4. The fourth-order valence-electron chi connectivity index (χ4n) is 2.52. The molecule has 1 saturated heterocycles. The minimum atomic E-state index is -3.95. The number of piperidine rings is 1. The Bertz CT molecular complexity index is 615. The van der Waals surface area contributed by atoms with Gasteiger partial charge >= 0.3 is 0 Å². The second-order valence-electron chi connectivity index (χ2n) is 4.90. The lowest BCUT2D eigenvalue weighted by Gasteiger charge is -2.32. The summed E-state index contributed by atoms with van der Waals surface area (Å²) in [5, 5.41) is 0. The molecule has 0 N–H and O–H groups in total. The van der Waals surface area contributed by atoms with Crippen LogP contribution in [0.4, 0.5) is 0 Å². The zero-order chi connectivity index (χ0) is 15.5. The molecule has 1 aliphatic heterocycles. The lowest BCUT2D eigenvalue weighted by molar-refractivity contribution is 0.00711. The highest BCUT2D eigenvalue weighted by Gasteiger charge is 2.28. The molecule has 1 heterocycles. The summed E-state index contributed by atoms with van der Waals surface area (Å²) >= 11 is 0. The van der Waals surface area contributed by atoms with E-state index in [2.05, 4.69) is 0 Å². The first kappa shape index (κ1) is 16.3. The van der Waals surface area contributed by atoms with Crippen LogP contribution in [0, 0.1) is 0 Å². The third-order valence-corrected chi connectivity index (χ3v) is 4.83. The van der Waals surface area contributed by atoms with Gasteiger partial charge in [-0.25, -0.2) is 8.42 Å². The monoisotopic (exact) mass is 331 g/mol. The normalized spacial score (nSPS) is 19.5. The maximum atomic E-state index is 12.6. The molecule has 0 radical (unpaired) electrons. The van der Waals surface area contributed by atoms with Gasteiger partial charge in [0, 0.05) is 30.4 Å². The van der Waals surface area contributed by atoms with E-state index in [0.29, 0.717) is 19.7 Å². The van der Waals surface area contributed by atoms with Crippen molar-refractivity contribution in [2.45, 2.75) is 30.8 Å². The topological polar surface area (TPSA) is 63.7 Å². The number of nitrogens with zero attached hydrogens (tertiary/aromatic N) is 1. The molecule has 1 aromatic rings. The summed E-state index contributed by atoms with van der Waals surface area (Å²) in [5.41, 5.74) is 0.115. The van der Waals surface area contributed by atoms with Crippen LogP contribution in [-0.4, -0.2) is 45.0 Å². The molecule has 21 heavy (non-hydrogen) atoms. The molecule has 0 aromatic heterocycles. The van der Waals surface area contributed by atoms with Crippen molar-refractivity contribution in [3.63, 3.8) is 0 Å². The van der Waals surface area contributed by atoms with E-state index in [9.17, 15) is 13.2 Å². The predicted octanol–water partition coefficient (Wildman–Crippen LogP) is 2.26. The van der Waals surface area contributed by atoms with Crippen LogP contribution in [0.5, 0.6) is 0 Å². The maximum absolute atomic E-state index is 12.6. The molecule has 0 spiro atoms. The first-order valence-electron chi connectivity index (χ1n) is 6.88. The molecule has 1 atom stereocenters. The number of ether oxygens (including phenoxy) is 1. The van der Waals surface area contributed by atoms with E-state index in [4.69, 9.17) is 15.4 Å². The van der Waals surface area contributed by atoms with Gasteiger partial charge in [-0.05, 0) is 31.9 Å². The number of benzene rings is 1. The summed E-state index contributed by atoms with van der Waals surface area (Å²) in [6.07, 6.45) is 1.76. The molecule has 1 aliphatic rings. The first-order valence-corrected chi connectivity index (χ1v) is 9.19. The van der Waals surface area contributed by atoms with Gasteiger partial charge in [-0.15, -0.1) is 0 Å². The van der Waals surface area contributed by atoms with Crippen molar-refractivity contribution in [3.05, 3.63) is 29.8 Å². The third-order valence-electron chi connectivity index (χ3n) is 3.45. The van der Waals surface area contributed by atoms with Gasteiger partial charge in [0.2, 0.25) is 0 Å². The molecule has 116 valence electrons. The highest BCUT2D eigenvalue weighted by atomic mass is 35.7. The van der Waals surface area contributed by atoms with Gasteiger partial charge in [-0.2, -0.15) is 0 Å². The van der Waals surface area contributed by atoms with E-state index in [1.54, 1.807) is 17.0 Å². The number of hydrogen-bond donors (Lipinski definition) is 0. The number of carbonyl (C=O) groups excluding carboxylic acids is 1. The largest absolute Gasteiger partial charge is 0.377 e. The predicted molar refractivity (Wildman–Crippen MR) is 80.0 cm³/mol. The van der Waals surface area contributed by atoms with Crippen LogP contribution < -0.4 is 0 Å². The van der Waals surface area contributed by atoms with E-state index < -0.39 is 9.05 Å². The van der Waals surface area contributed by atoms with Crippen LogP contribution in [0.2, 0.25) is 0 Å². The van der Waals surface area contributed by atoms with E-state index in [-0.39, 0.29) is 22.5 Å². The number of amides is 1. The quantitative estimate of drug-likeness (QED) is 0.794. The highest BCUT2D eigenvalue weighted by molar-refractivity contribution is 8.13. The van der Waals surface area contributed by atoms with Crippen molar-refractivity contribution in [2.75, 3.05) is 19.7 Å². The summed E-state index contributed by atoms with van der Waals surface area (Å²) < 4.78 is 28.7. The number of rotatable bonds is 4. The summed E-state index contributed by atoms with van der Waals surface area (Å²) in [7, 11) is 1.45. The summed E-state index contributed by atoms with van der Waals surface area (Å²) in [6, 6.07) is 6.01. The number of likely N-dealkylation sites (tertiary alicyclic amines) is 1. The molecular weight excluding hydrogens is 314 g/mol. The van der Waals surface area contributed by atoms with E-state index in [1.165, 1.54) is 12.1 Å². The summed E-state index contributed by atoms with van der Waals surface area (Å²) in [5.74, 6) is -0.320. The molecule has 1 fully saturated rings. The number of halogens is 1. The zero-order valence-electron chi connectivity index (χ0n) is 11.8. The van der Waals surface area contributed by atoms with Crippen molar-refractivity contribution in [1.82, 2.24) is 4.90 Å². The van der Waals surface area contributed by atoms with Crippen molar-refractivity contribution in [2.24, 2.45) is 0 Å². The van der Waals surface area contributed by atoms with Gasteiger partial charge < -0.3 is 9.64 Å². The van der Waals surface area contributed by atoms with Crippen LogP contribution in [0.15, 0.2) is 29.2 Å². The van der Waals surface area contributed by atoms with Gasteiger partial charge in [0.1, 0.15) is 0 Å². The second-order valence-corrected chi connectivity index (χ2v) is 7.44. The first-order chi connectivity index (χ1) is 9.93. The van der Waals surface area contributed by atoms with Crippen LogP contribution in [0.25, 0.3) is 0 Å². The van der Waals surface area contributed by atoms with Gasteiger partial charge in [0.15, 0.2) is 0 Å². The standard InChI is InChI=1S/C14H18ClNO4S/c1-2-20-11-6-5-9-16(10-11)14(17)12-7-3-4-8-13(12)21(15,18)19/h3-4,7-8,11H,2,5-6,9-10H2,1H3. The Labute approximate surface area is 129 Å². The molecule has 0 aliphatic carbocycles. The molecule has 1 unspecified atom stereocenters. The summed E-state index contributed by atoms with van der Waals surface area (Å²) in [4.78, 5) is 14.1. The molecule has 5 nitrogen and oxygen atoms in total. The Hall–Kier alpha value is -1.11. The fourth-order valence-corrected chi connectivity index (χ4v) is 3.58. The van der Waals surface area contributed by atoms with Gasteiger partial charge in [0.25, 0.3) is 15.0 Å². The highest BCUT2D eigenvalue weighted by Crippen LogP contribution is 2.23. The maximum Gasteiger partial charge on any atom is 0.262 e. The summed E-state index contributed by atoms with van der Waals surface area (Å²) in [6.45, 7) is 3.58. The third kappa shape index (κ3) is 3.96. The molecular formula is C14H18ClNO4S. The molecule has 0 saturated carbocycles. The second kappa shape index (κ2) is 6.77. The minimum Gasteiger partial charge on any atom is -0.377 e. The Morgan fingerprint density at radius 3 is 2.81 bits per heavy atom. The molecule has 1 amide bonds. The van der Waals surface area contributed by atoms with Crippen LogP contribution >= 0.6 is 10.7 Å². The molecule has 0 bridgehead atoms. The SMILES string of the molecule is CCOC1CCCN(C(=O)c2ccccc2S(=O)(=O)Cl)C1. The van der Waals surface area contributed by atoms with Crippen molar-refractivity contribution in [1.29, 1.82) is 0 Å². The van der Waals surface area contributed by atoms with Crippen LogP contribution in [0.3, 0.4) is 0 Å². The lowest BCUT2D eigenvalue weighted by Crippen LogP contribution is -2.43. The Morgan fingerprint density at radius 2 is 2.14 bits per heavy atom. The zero-order valence-corrected chi connectivity index (χ0v) is 13.4. The average molecular weight is 332 g/mol. The lowest BCUT2D eigenvalue weighted by atomic mass is 10.1. The van der Waals surface area contributed by atoms with E-state index in [1.807, 2.05) is 6.92 Å². The fraction of sp³-hybridized carbons (Fsp3) is 0.500. The van der Waals surface area contributed by atoms with Crippen molar-refractivity contribution >= 4 is 25.6 Å². The van der Waals surface area contributed by atoms with E-state index >= 15 is 0 Å². The Kier molecular flexibility index (Phi) is 5.24. The van der Waals surface area contributed by atoms with Crippen molar-refractivity contribution in [3.8, 4) is 0 Å². The number of carbonyl (C=O) groups is 1. The van der Waals surface area contributed by atoms with Crippen LogP contribution in [0.1, 0.15) is 30.1 Å². The van der Waals surface area contributed by atoms with Crippen molar-refractivity contribution < 1.29 is 17.9 Å². The van der Waals surface area contributed by atoms with Gasteiger partial charge in [-0.3, -0.25) is 4.79 Å². The molecule has 1 aromatic carbocycles. The minimum absolute atomic E-state index is 0.00692. The smallest absolute Gasteiger partial charge is 0.262 e.